The summed E-state index contributed by atoms with van der Waals surface area (Å²) in [5.41, 5.74) is 2.62. The zero-order chi connectivity index (χ0) is 15.2. The van der Waals surface area contributed by atoms with Crippen LogP contribution in [0.2, 0.25) is 0 Å². The molecule has 1 aromatic carbocycles. The first-order valence-corrected chi connectivity index (χ1v) is 7.50. The maximum atomic E-state index is 4.50. The first kappa shape index (κ1) is 15.3. The number of benzene rings is 1. The number of nitrogens with zero attached hydrogens (tertiary/aromatic N) is 2. The average molecular weight is 284 g/mol. The van der Waals surface area contributed by atoms with Crippen molar-refractivity contribution in [3.63, 3.8) is 0 Å². The molecule has 0 saturated carbocycles. The summed E-state index contributed by atoms with van der Waals surface area (Å²) in [5.74, 6) is 3.12. The molecule has 2 rings (SSSR count). The van der Waals surface area contributed by atoms with Gasteiger partial charge in [-0.15, -0.1) is 0 Å². The number of hydrogen-bond donors (Lipinski definition) is 2. The molecule has 0 radical (unpaired) electrons. The molecule has 4 heteroatoms. The van der Waals surface area contributed by atoms with Gasteiger partial charge in [0.2, 0.25) is 0 Å². The zero-order valence-corrected chi connectivity index (χ0v) is 13.3. The highest BCUT2D eigenvalue weighted by molar-refractivity contribution is 5.47. The van der Waals surface area contributed by atoms with Crippen LogP contribution in [-0.4, -0.2) is 17.0 Å². The van der Waals surface area contributed by atoms with Gasteiger partial charge in [0.1, 0.15) is 17.5 Å². The Hall–Kier alpha value is -2.10. The molecule has 0 aliphatic carbocycles. The molecule has 2 N–H and O–H groups in total. The van der Waals surface area contributed by atoms with Gasteiger partial charge >= 0.3 is 0 Å². The molecule has 0 atom stereocenters. The molecule has 112 valence electrons. The number of aryl methyl sites for hydroxylation is 1. The summed E-state index contributed by atoms with van der Waals surface area (Å²) in [6, 6.07) is 10.7. The smallest absolute Gasteiger partial charge is 0.132 e. The largest absolute Gasteiger partial charge is 0.373 e. The Labute approximate surface area is 127 Å². The molecule has 21 heavy (non-hydrogen) atoms. The van der Waals surface area contributed by atoms with Crippen LogP contribution in [0.4, 0.5) is 11.6 Å². The summed E-state index contributed by atoms with van der Waals surface area (Å²) in [5, 5.41) is 6.44. The van der Waals surface area contributed by atoms with Gasteiger partial charge in [-0.25, -0.2) is 9.97 Å². The molecule has 0 aliphatic rings. The van der Waals surface area contributed by atoms with Crippen molar-refractivity contribution in [2.45, 2.75) is 39.7 Å². The van der Waals surface area contributed by atoms with Crippen molar-refractivity contribution >= 4 is 11.6 Å². The van der Waals surface area contributed by atoms with Crippen LogP contribution in [0.5, 0.6) is 0 Å². The van der Waals surface area contributed by atoms with E-state index in [9.17, 15) is 0 Å². The Morgan fingerprint density at radius 2 is 1.71 bits per heavy atom. The van der Waals surface area contributed by atoms with Crippen molar-refractivity contribution in [2.24, 2.45) is 0 Å². The lowest BCUT2D eigenvalue weighted by Gasteiger charge is -2.10. The average Bonchev–Trinajstić information content (AvgIpc) is 2.52. The number of rotatable bonds is 6. The lowest BCUT2D eigenvalue weighted by molar-refractivity contribution is 0.865. The van der Waals surface area contributed by atoms with E-state index in [0.29, 0.717) is 5.92 Å². The quantitative estimate of drug-likeness (QED) is 0.846. The van der Waals surface area contributed by atoms with Crippen LogP contribution < -0.4 is 10.6 Å². The SMILES string of the molecule is CCc1nc(NC)cc(NCc2ccc(C(C)C)cc2)n1. The number of aromatic nitrogens is 2. The van der Waals surface area contributed by atoms with Gasteiger partial charge in [-0.05, 0) is 17.0 Å². The molecule has 0 saturated heterocycles. The fraction of sp³-hybridized carbons (Fsp3) is 0.412. The Morgan fingerprint density at radius 1 is 1.05 bits per heavy atom. The van der Waals surface area contributed by atoms with Crippen molar-refractivity contribution in [3.8, 4) is 0 Å². The van der Waals surface area contributed by atoms with Gasteiger partial charge in [0.05, 0.1) is 0 Å². The Kier molecular flexibility index (Phi) is 5.14. The van der Waals surface area contributed by atoms with Gasteiger partial charge in [-0.3, -0.25) is 0 Å². The molecule has 0 bridgehead atoms. The summed E-state index contributed by atoms with van der Waals surface area (Å²) >= 11 is 0. The van der Waals surface area contributed by atoms with E-state index in [2.05, 4.69) is 65.6 Å². The van der Waals surface area contributed by atoms with Gasteiger partial charge in [-0.1, -0.05) is 45.0 Å². The predicted molar refractivity (Wildman–Crippen MR) is 88.8 cm³/mol. The van der Waals surface area contributed by atoms with Crippen molar-refractivity contribution in [1.82, 2.24) is 9.97 Å². The highest BCUT2D eigenvalue weighted by atomic mass is 15.1. The topological polar surface area (TPSA) is 49.8 Å². The van der Waals surface area contributed by atoms with Gasteiger partial charge in [0.25, 0.3) is 0 Å². The van der Waals surface area contributed by atoms with Crippen LogP contribution in [0.25, 0.3) is 0 Å². The normalized spacial score (nSPS) is 10.7. The van der Waals surface area contributed by atoms with E-state index in [4.69, 9.17) is 0 Å². The summed E-state index contributed by atoms with van der Waals surface area (Å²) < 4.78 is 0. The molecular weight excluding hydrogens is 260 g/mol. The van der Waals surface area contributed by atoms with E-state index in [1.54, 1.807) is 0 Å². The number of nitrogens with one attached hydrogen (secondary N) is 2. The third-order valence-corrected chi connectivity index (χ3v) is 3.46. The van der Waals surface area contributed by atoms with E-state index < -0.39 is 0 Å². The number of anilines is 2. The molecule has 4 nitrogen and oxygen atoms in total. The highest BCUT2D eigenvalue weighted by Crippen LogP contribution is 2.16. The first-order chi connectivity index (χ1) is 10.1. The highest BCUT2D eigenvalue weighted by Gasteiger charge is 2.03. The van der Waals surface area contributed by atoms with Crippen molar-refractivity contribution in [2.75, 3.05) is 17.7 Å². The molecule has 0 amide bonds. The van der Waals surface area contributed by atoms with E-state index in [0.717, 1.165) is 30.4 Å². The van der Waals surface area contributed by atoms with Crippen molar-refractivity contribution in [1.29, 1.82) is 0 Å². The van der Waals surface area contributed by atoms with Crippen molar-refractivity contribution in [3.05, 3.63) is 47.3 Å². The Morgan fingerprint density at radius 3 is 2.29 bits per heavy atom. The van der Waals surface area contributed by atoms with E-state index in [1.807, 2.05) is 13.1 Å². The van der Waals surface area contributed by atoms with Crippen LogP contribution in [0.3, 0.4) is 0 Å². The second kappa shape index (κ2) is 7.07. The fourth-order valence-corrected chi connectivity index (χ4v) is 2.09. The third-order valence-electron chi connectivity index (χ3n) is 3.46. The minimum atomic E-state index is 0.569. The van der Waals surface area contributed by atoms with Crippen LogP contribution in [0.1, 0.15) is 43.6 Å². The minimum Gasteiger partial charge on any atom is -0.373 e. The van der Waals surface area contributed by atoms with E-state index in [-0.39, 0.29) is 0 Å². The van der Waals surface area contributed by atoms with Crippen LogP contribution >= 0.6 is 0 Å². The van der Waals surface area contributed by atoms with Crippen molar-refractivity contribution < 1.29 is 0 Å². The van der Waals surface area contributed by atoms with Crippen LogP contribution in [-0.2, 0) is 13.0 Å². The predicted octanol–water partition coefficient (Wildman–Crippen LogP) is 3.82. The summed E-state index contributed by atoms with van der Waals surface area (Å²) in [6.45, 7) is 7.24. The molecule has 0 aliphatic heterocycles. The molecule has 0 unspecified atom stereocenters. The van der Waals surface area contributed by atoms with Crippen LogP contribution in [0, 0.1) is 0 Å². The van der Waals surface area contributed by atoms with E-state index >= 15 is 0 Å². The Balaban J connectivity index is 2.05. The minimum absolute atomic E-state index is 0.569. The maximum absolute atomic E-state index is 4.50. The summed E-state index contributed by atoms with van der Waals surface area (Å²) in [4.78, 5) is 8.89. The molecule has 0 fully saturated rings. The summed E-state index contributed by atoms with van der Waals surface area (Å²) in [7, 11) is 1.87. The lowest BCUT2D eigenvalue weighted by Crippen LogP contribution is -2.06. The molecule has 0 spiro atoms. The molecular formula is C17H24N4. The first-order valence-electron chi connectivity index (χ1n) is 7.50. The Bertz CT molecular complexity index is 554. The zero-order valence-electron chi connectivity index (χ0n) is 13.3. The lowest BCUT2D eigenvalue weighted by atomic mass is 10.0. The number of hydrogen-bond acceptors (Lipinski definition) is 4. The second-order valence-corrected chi connectivity index (χ2v) is 5.41. The van der Waals surface area contributed by atoms with Crippen LogP contribution in [0.15, 0.2) is 30.3 Å². The molecule has 1 aromatic heterocycles. The second-order valence-electron chi connectivity index (χ2n) is 5.41. The fourth-order valence-electron chi connectivity index (χ4n) is 2.09. The molecule has 2 aromatic rings. The van der Waals surface area contributed by atoms with Gasteiger partial charge in [0.15, 0.2) is 0 Å². The van der Waals surface area contributed by atoms with Gasteiger partial charge < -0.3 is 10.6 Å². The standard InChI is InChI=1S/C17H24N4/c1-5-15-20-16(18-4)10-17(21-15)19-11-13-6-8-14(9-7-13)12(2)3/h6-10,12H,5,11H2,1-4H3,(H2,18,19,20,21). The monoisotopic (exact) mass is 284 g/mol. The van der Waals surface area contributed by atoms with Gasteiger partial charge in [0, 0.05) is 26.1 Å². The summed E-state index contributed by atoms with van der Waals surface area (Å²) in [6.07, 6.45) is 0.827. The van der Waals surface area contributed by atoms with E-state index in [1.165, 1.54) is 11.1 Å². The third kappa shape index (κ3) is 4.18. The molecule has 1 heterocycles. The van der Waals surface area contributed by atoms with Gasteiger partial charge in [-0.2, -0.15) is 0 Å². The maximum Gasteiger partial charge on any atom is 0.132 e.